The number of rotatable bonds is 5. The molecule has 136 valence electrons. The van der Waals surface area contributed by atoms with Crippen molar-refractivity contribution in [3.63, 3.8) is 0 Å². The maximum absolute atomic E-state index is 13.0. The second kappa shape index (κ2) is 6.75. The first kappa shape index (κ1) is 18.4. The molecule has 2 aliphatic rings. The van der Waals surface area contributed by atoms with E-state index in [0.29, 0.717) is 5.75 Å². The van der Waals surface area contributed by atoms with Crippen LogP contribution in [0, 0.1) is 10.1 Å². The first-order valence-electron chi connectivity index (χ1n) is 7.53. The standard InChI is InChI=1S/C14H16ClN3O5S2/c1-16(10-3-4-10)14(19)12-7-24-8-17(12)25(22,23)13-5-2-9(15)6-11(13)18(20)21/h2,5-6,10,12H,3-4,7-8H2,1H3. The summed E-state index contributed by atoms with van der Waals surface area (Å²) in [4.78, 5) is 24.2. The average molecular weight is 406 g/mol. The van der Waals surface area contributed by atoms with Gasteiger partial charge < -0.3 is 4.90 Å². The summed E-state index contributed by atoms with van der Waals surface area (Å²) in [7, 11) is -2.53. The lowest BCUT2D eigenvalue weighted by Crippen LogP contribution is -2.48. The summed E-state index contributed by atoms with van der Waals surface area (Å²) >= 11 is 7.07. The van der Waals surface area contributed by atoms with Crippen LogP contribution in [-0.4, -0.2) is 59.2 Å². The maximum Gasteiger partial charge on any atom is 0.290 e. The van der Waals surface area contributed by atoms with Gasteiger partial charge in [-0.2, -0.15) is 4.31 Å². The smallest absolute Gasteiger partial charge is 0.290 e. The fourth-order valence-electron chi connectivity index (χ4n) is 2.71. The Bertz CT molecular complexity index is 828. The number of carbonyl (C=O) groups is 1. The zero-order valence-electron chi connectivity index (χ0n) is 13.3. The van der Waals surface area contributed by atoms with Gasteiger partial charge in [-0.15, -0.1) is 11.8 Å². The van der Waals surface area contributed by atoms with Crippen molar-refractivity contribution >= 4 is 45.0 Å². The van der Waals surface area contributed by atoms with Crippen molar-refractivity contribution in [2.24, 2.45) is 0 Å². The topological polar surface area (TPSA) is 101 Å². The number of nitro groups is 1. The predicted molar refractivity (Wildman–Crippen MR) is 94.0 cm³/mol. The van der Waals surface area contributed by atoms with E-state index in [9.17, 15) is 23.3 Å². The van der Waals surface area contributed by atoms with Crippen LogP contribution in [-0.2, 0) is 14.8 Å². The summed E-state index contributed by atoms with van der Waals surface area (Å²) in [5.41, 5.74) is -0.592. The quantitative estimate of drug-likeness (QED) is 0.548. The van der Waals surface area contributed by atoms with Crippen molar-refractivity contribution in [3.05, 3.63) is 33.3 Å². The highest BCUT2D eigenvalue weighted by molar-refractivity contribution is 8.00. The van der Waals surface area contributed by atoms with Crippen molar-refractivity contribution in [2.75, 3.05) is 18.7 Å². The lowest BCUT2D eigenvalue weighted by Gasteiger charge is -2.26. The molecule has 0 N–H and O–H groups in total. The third kappa shape index (κ3) is 3.48. The summed E-state index contributed by atoms with van der Waals surface area (Å²) in [6.45, 7) is 0. The van der Waals surface area contributed by atoms with Gasteiger partial charge in [-0.25, -0.2) is 8.42 Å². The molecule has 1 aliphatic carbocycles. The number of nitrogens with zero attached hydrogens (tertiary/aromatic N) is 3. The minimum atomic E-state index is -4.20. The van der Waals surface area contributed by atoms with Gasteiger partial charge in [0.25, 0.3) is 15.7 Å². The molecule has 0 bridgehead atoms. The Kier molecular flexibility index (Phi) is 4.97. The largest absolute Gasteiger partial charge is 0.341 e. The SMILES string of the molecule is CN(C(=O)C1CSCN1S(=O)(=O)c1ccc(Cl)cc1[N+](=O)[O-])C1CC1. The summed E-state index contributed by atoms with van der Waals surface area (Å²) in [6.07, 6.45) is 1.83. The normalized spacial score (nSPS) is 21.3. The molecular formula is C14H16ClN3O5S2. The van der Waals surface area contributed by atoms with E-state index in [0.717, 1.165) is 29.3 Å². The molecular weight excluding hydrogens is 390 g/mol. The van der Waals surface area contributed by atoms with Gasteiger partial charge >= 0.3 is 0 Å². The van der Waals surface area contributed by atoms with Gasteiger partial charge in [-0.1, -0.05) is 11.6 Å². The van der Waals surface area contributed by atoms with Crippen LogP contribution in [0.3, 0.4) is 0 Å². The highest BCUT2D eigenvalue weighted by atomic mass is 35.5. The number of sulfonamides is 1. The van der Waals surface area contributed by atoms with Crippen LogP contribution in [0.1, 0.15) is 12.8 Å². The summed E-state index contributed by atoms with van der Waals surface area (Å²) in [5, 5.41) is 11.3. The Morgan fingerprint density at radius 3 is 2.72 bits per heavy atom. The van der Waals surface area contributed by atoms with Gasteiger partial charge in [-0.05, 0) is 25.0 Å². The van der Waals surface area contributed by atoms with Crippen molar-refractivity contribution in [1.82, 2.24) is 9.21 Å². The molecule has 1 saturated carbocycles. The van der Waals surface area contributed by atoms with Crippen molar-refractivity contribution in [3.8, 4) is 0 Å². The van der Waals surface area contributed by atoms with E-state index in [1.807, 2.05) is 0 Å². The average Bonchev–Trinajstić information content (AvgIpc) is 3.28. The van der Waals surface area contributed by atoms with Crippen molar-refractivity contribution < 1.29 is 18.1 Å². The molecule has 1 amide bonds. The number of carbonyl (C=O) groups excluding carboxylic acids is 1. The second-order valence-corrected chi connectivity index (χ2v) is 9.25. The molecule has 0 radical (unpaired) electrons. The first-order valence-corrected chi connectivity index (χ1v) is 10.5. The molecule has 1 aromatic rings. The predicted octanol–water partition coefficient (Wildman–Crippen LogP) is 1.93. The minimum absolute atomic E-state index is 0.0718. The number of hydrogen-bond acceptors (Lipinski definition) is 6. The van der Waals surface area contributed by atoms with Gasteiger partial charge in [0, 0.05) is 29.9 Å². The van der Waals surface area contributed by atoms with E-state index in [-0.39, 0.29) is 22.8 Å². The molecule has 3 rings (SSSR count). The third-order valence-corrected chi connectivity index (χ3v) is 7.59. The van der Waals surface area contributed by atoms with E-state index in [1.54, 1.807) is 11.9 Å². The van der Waals surface area contributed by atoms with Gasteiger partial charge in [-0.3, -0.25) is 14.9 Å². The van der Waals surface area contributed by atoms with Crippen LogP contribution in [0.5, 0.6) is 0 Å². The monoisotopic (exact) mass is 405 g/mol. The minimum Gasteiger partial charge on any atom is -0.341 e. The first-order chi connectivity index (χ1) is 11.7. The zero-order valence-corrected chi connectivity index (χ0v) is 15.7. The Labute approximate surface area is 154 Å². The Hall–Kier alpha value is -1.36. The molecule has 25 heavy (non-hydrogen) atoms. The van der Waals surface area contributed by atoms with Gasteiger partial charge in [0.1, 0.15) is 6.04 Å². The summed E-state index contributed by atoms with van der Waals surface area (Å²) in [5.74, 6) is 0.140. The molecule has 1 atom stereocenters. The molecule has 1 unspecified atom stereocenters. The molecule has 1 aromatic carbocycles. The fraction of sp³-hybridized carbons (Fsp3) is 0.500. The molecule has 2 fully saturated rings. The van der Waals surface area contributed by atoms with Gasteiger partial charge in [0.15, 0.2) is 4.90 Å². The molecule has 0 spiro atoms. The van der Waals surface area contributed by atoms with Gasteiger partial charge in [0.05, 0.1) is 10.8 Å². The lowest BCUT2D eigenvalue weighted by atomic mass is 10.3. The van der Waals surface area contributed by atoms with E-state index < -0.39 is 31.6 Å². The van der Waals surface area contributed by atoms with Crippen molar-refractivity contribution in [1.29, 1.82) is 0 Å². The number of nitro benzene ring substituents is 1. The highest BCUT2D eigenvalue weighted by Gasteiger charge is 2.45. The van der Waals surface area contributed by atoms with Crippen LogP contribution >= 0.6 is 23.4 Å². The van der Waals surface area contributed by atoms with Gasteiger partial charge in [0.2, 0.25) is 5.91 Å². The molecule has 8 nitrogen and oxygen atoms in total. The van der Waals surface area contributed by atoms with Crippen LogP contribution in [0.4, 0.5) is 5.69 Å². The molecule has 1 saturated heterocycles. The van der Waals surface area contributed by atoms with E-state index in [1.165, 1.54) is 17.8 Å². The third-order valence-electron chi connectivity index (χ3n) is 4.27. The Morgan fingerprint density at radius 1 is 1.44 bits per heavy atom. The number of benzene rings is 1. The van der Waals surface area contributed by atoms with Crippen LogP contribution in [0.25, 0.3) is 0 Å². The number of hydrogen-bond donors (Lipinski definition) is 0. The Balaban J connectivity index is 1.96. The maximum atomic E-state index is 13.0. The number of likely N-dealkylation sites (N-methyl/N-ethyl adjacent to an activating group) is 1. The van der Waals surface area contributed by atoms with E-state index >= 15 is 0 Å². The van der Waals surface area contributed by atoms with Crippen molar-refractivity contribution in [2.45, 2.75) is 29.8 Å². The van der Waals surface area contributed by atoms with E-state index in [2.05, 4.69) is 0 Å². The summed E-state index contributed by atoms with van der Waals surface area (Å²) in [6, 6.07) is 2.72. The Morgan fingerprint density at radius 2 is 2.12 bits per heavy atom. The molecule has 0 aromatic heterocycles. The molecule has 11 heteroatoms. The summed E-state index contributed by atoms with van der Waals surface area (Å²) < 4.78 is 27.0. The number of halogens is 1. The number of thioether (sulfide) groups is 1. The second-order valence-electron chi connectivity index (χ2n) is 5.96. The van der Waals surface area contributed by atoms with Crippen LogP contribution in [0.2, 0.25) is 5.02 Å². The fourth-order valence-corrected chi connectivity index (χ4v) is 6.15. The lowest BCUT2D eigenvalue weighted by molar-refractivity contribution is -0.387. The zero-order chi connectivity index (χ0) is 18.4. The van der Waals surface area contributed by atoms with Crippen LogP contribution in [0.15, 0.2) is 23.1 Å². The van der Waals surface area contributed by atoms with Crippen LogP contribution < -0.4 is 0 Å². The van der Waals surface area contributed by atoms with E-state index in [4.69, 9.17) is 11.6 Å². The molecule has 1 aliphatic heterocycles. The highest BCUT2D eigenvalue weighted by Crippen LogP contribution is 2.35. The molecule has 1 heterocycles. The number of amides is 1.